The minimum atomic E-state index is -0.596. The van der Waals surface area contributed by atoms with Crippen molar-refractivity contribution in [2.75, 3.05) is 5.73 Å². The van der Waals surface area contributed by atoms with Gasteiger partial charge < -0.3 is 10.8 Å². The van der Waals surface area contributed by atoms with Crippen molar-refractivity contribution in [2.24, 2.45) is 0 Å². The SMILES string of the molecule is Nc1nc2c([N+](=O)[O-])cc(O)cc2s1. The van der Waals surface area contributed by atoms with E-state index in [1.807, 2.05) is 0 Å². The molecular weight excluding hydrogens is 206 g/mol. The molecule has 0 fully saturated rings. The average molecular weight is 211 g/mol. The predicted octanol–water partition coefficient (Wildman–Crippen LogP) is 1.49. The number of hydrogen-bond acceptors (Lipinski definition) is 6. The van der Waals surface area contributed by atoms with E-state index < -0.39 is 4.92 Å². The third-order valence-corrected chi connectivity index (χ3v) is 2.50. The van der Waals surface area contributed by atoms with E-state index >= 15 is 0 Å². The van der Waals surface area contributed by atoms with Crippen LogP contribution in [0, 0.1) is 10.1 Å². The third-order valence-electron chi connectivity index (χ3n) is 1.67. The van der Waals surface area contributed by atoms with Crippen molar-refractivity contribution in [2.45, 2.75) is 0 Å². The van der Waals surface area contributed by atoms with Crippen LogP contribution in [0.3, 0.4) is 0 Å². The van der Waals surface area contributed by atoms with Crippen LogP contribution in [-0.4, -0.2) is 15.0 Å². The summed E-state index contributed by atoms with van der Waals surface area (Å²) in [4.78, 5) is 13.8. The van der Waals surface area contributed by atoms with Crippen molar-refractivity contribution in [3.05, 3.63) is 22.2 Å². The van der Waals surface area contributed by atoms with Gasteiger partial charge in [-0.3, -0.25) is 10.1 Å². The summed E-state index contributed by atoms with van der Waals surface area (Å²) < 4.78 is 0.509. The number of nitro benzene ring substituents is 1. The zero-order chi connectivity index (χ0) is 10.3. The second-order valence-corrected chi connectivity index (χ2v) is 3.68. The molecule has 0 saturated heterocycles. The lowest BCUT2D eigenvalue weighted by Crippen LogP contribution is -1.89. The Morgan fingerprint density at radius 3 is 2.93 bits per heavy atom. The van der Waals surface area contributed by atoms with E-state index in [4.69, 9.17) is 5.73 Å². The maximum atomic E-state index is 10.6. The van der Waals surface area contributed by atoms with E-state index in [-0.39, 0.29) is 22.1 Å². The van der Waals surface area contributed by atoms with Crippen molar-refractivity contribution >= 4 is 32.4 Å². The Labute approximate surface area is 81.8 Å². The van der Waals surface area contributed by atoms with Crippen LogP contribution < -0.4 is 5.73 Å². The molecule has 0 spiro atoms. The molecule has 0 atom stereocenters. The minimum Gasteiger partial charge on any atom is -0.508 e. The monoisotopic (exact) mass is 211 g/mol. The van der Waals surface area contributed by atoms with Crippen molar-refractivity contribution in [1.29, 1.82) is 0 Å². The first-order chi connectivity index (χ1) is 6.58. The average Bonchev–Trinajstić information content (AvgIpc) is 2.42. The van der Waals surface area contributed by atoms with E-state index in [0.29, 0.717) is 4.70 Å². The number of nitrogens with two attached hydrogens (primary N) is 1. The van der Waals surface area contributed by atoms with Crippen molar-refractivity contribution in [3.63, 3.8) is 0 Å². The highest BCUT2D eigenvalue weighted by molar-refractivity contribution is 7.22. The number of hydrogen-bond donors (Lipinski definition) is 2. The lowest BCUT2D eigenvalue weighted by molar-refractivity contribution is -0.383. The lowest BCUT2D eigenvalue weighted by atomic mass is 10.3. The zero-order valence-corrected chi connectivity index (χ0v) is 7.61. The fourth-order valence-corrected chi connectivity index (χ4v) is 1.94. The smallest absolute Gasteiger partial charge is 0.300 e. The Kier molecular flexibility index (Phi) is 1.74. The standard InChI is InChI=1S/C7H5N3O3S/c8-7-9-6-4(10(12)13)1-3(11)2-5(6)14-7/h1-2,11H,(H2,8,9). The van der Waals surface area contributed by atoms with Gasteiger partial charge in [-0.1, -0.05) is 11.3 Å². The molecule has 0 aliphatic rings. The van der Waals surface area contributed by atoms with E-state index in [1.54, 1.807) is 0 Å². The number of nitro groups is 1. The summed E-state index contributed by atoms with van der Waals surface area (Å²) in [6.07, 6.45) is 0. The molecule has 1 aromatic heterocycles. The molecule has 0 amide bonds. The van der Waals surface area contributed by atoms with Crippen LogP contribution in [0.1, 0.15) is 0 Å². The van der Waals surface area contributed by atoms with Gasteiger partial charge in [0.05, 0.1) is 15.7 Å². The Hall–Kier alpha value is -1.89. The van der Waals surface area contributed by atoms with Gasteiger partial charge in [0.25, 0.3) is 5.69 Å². The molecule has 2 rings (SSSR count). The molecule has 0 bridgehead atoms. The molecule has 1 heterocycles. The number of anilines is 1. The highest BCUT2D eigenvalue weighted by Crippen LogP contribution is 2.34. The first kappa shape index (κ1) is 8.70. The molecule has 0 saturated carbocycles. The number of aromatic hydroxyl groups is 1. The fourth-order valence-electron chi connectivity index (χ4n) is 1.15. The van der Waals surface area contributed by atoms with Crippen molar-refractivity contribution in [1.82, 2.24) is 4.98 Å². The maximum absolute atomic E-state index is 10.6. The molecule has 0 aliphatic carbocycles. The van der Waals surface area contributed by atoms with Gasteiger partial charge in [0.1, 0.15) is 5.75 Å². The Morgan fingerprint density at radius 2 is 2.29 bits per heavy atom. The van der Waals surface area contributed by atoms with Crippen LogP contribution in [-0.2, 0) is 0 Å². The lowest BCUT2D eigenvalue weighted by Gasteiger charge is -1.93. The molecule has 0 unspecified atom stereocenters. The van der Waals surface area contributed by atoms with Crippen LogP contribution in [0.4, 0.5) is 10.8 Å². The first-order valence-corrected chi connectivity index (χ1v) is 4.43. The predicted molar refractivity (Wildman–Crippen MR) is 52.4 cm³/mol. The third kappa shape index (κ3) is 1.23. The molecule has 1 aromatic carbocycles. The number of non-ortho nitro benzene ring substituents is 1. The molecule has 7 heteroatoms. The zero-order valence-electron chi connectivity index (χ0n) is 6.80. The fraction of sp³-hybridized carbons (Fsp3) is 0. The van der Waals surface area contributed by atoms with Gasteiger partial charge >= 0.3 is 0 Å². The second-order valence-electron chi connectivity index (χ2n) is 2.62. The molecule has 72 valence electrons. The first-order valence-electron chi connectivity index (χ1n) is 3.61. The van der Waals surface area contributed by atoms with Crippen molar-refractivity contribution < 1.29 is 10.0 Å². The van der Waals surface area contributed by atoms with E-state index in [2.05, 4.69) is 4.98 Å². The van der Waals surface area contributed by atoms with E-state index in [9.17, 15) is 15.2 Å². The van der Waals surface area contributed by atoms with E-state index in [1.165, 1.54) is 6.07 Å². The van der Waals surface area contributed by atoms with E-state index in [0.717, 1.165) is 17.4 Å². The van der Waals surface area contributed by atoms with Crippen LogP contribution in [0.25, 0.3) is 10.2 Å². The number of phenolic OH excluding ortho intramolecular Hbond substituents is 1. The summed E-state index contributed by atoms with van der Waals surface area (Å²) in [6.45, 7) is 0. The maximum Gasteiger partial charge on any atom is 0.300 e. The summed E-state index contributed by atoms with van der Waals surface area (Å²) in [5.74, 6) is -0.159. The minimum absolute atomic E-state index is 0.159. The summed E-state index contributed by atoms with van der Waals surface area (Å²) in [6, 6.07) is 2.46. The molecule has 0 aliphatic heterocycles. The van der Waals surface area contributed by atoms with Crippen LogP contribution in [0.15, 0.2) is 12.1 Å². The van der Waals surface area contributed by atoms with Gasteiger partial charge in [-0.2, -0.15) is 0 Å². The number of benzene rings is 1. The van der Waals surface area contributed by atoms with Gasteiger partial charge in [-0.25, -0.2) is 4.98 Å². The van der Waals surface area contributed by atoms with Crippen LogP contribution in [0.2, 0.25) is 0 Å². The summed E-state index contributed by atoms with van der Waals surface area (Å²) in [5.41, 5.74) is 5.40. The molecule has 6 nitrogen and oxygen atoms in total. The number of rotatable bonds is 1. The molecule has 14 heavy (non-hydrogen) atoms. The van der Waals surface area contributed by atoms with Crippen LogP contribution in [0.5, 0.6) is 5.75 Å². The number of aromatic nitrogens is 1. The number of nitrogen functional groups attached to an aromatic ring is 1. The molecule has 0 radical (unpaired) electrons. The Morgan fingerprint density at radius 1 is 1.57 bits per heavy atom. The van der Waals surface area contributed by atoms with Crippen LogP contribution >= 0.6 is 11.3 Å². The summed E-state index contributed by atoms with van der Waals surface area (Å²) >= 11 is 1.10. The number of fused-ring (bicyclic) bond motifs is 1. The highest BCUT2D eigenvalue weighted by Gasteiger charge is 2.17. The van der Waals surface area contributed by atoms with Gasteiger partial charge in [0, 0.05) is 0 Å². The molecule has 3 N–H and O–H groups in total. The molecular formula is C7H5N3O3S. The largest absolute Gasteiger partial charge is 0.508 e. The van der Waals surface area contributed by atoms with Crippen molar-refractivity contribution in [3.8, 4) is 5.75 Å². The normalized spacial score (nSPS) is 10.6. The highest BCUT2D eigenvalue weighted by atomic mass is 32.1. The number of nitrogens with zero attached hydrogens (tertiary/aromatic N) is 2. The van der Waals surface area contributed by atoms with Gasteiger partial charge in [0.2, 0.25) is 0 Å². The Bertz CT molecular complexity index is 522. The van der Waals surface area contributed by atoms with Gasteiger partial charge in [0.15, 0.2) is 10.6 Å². The summed E-state index contributed by atoms with van der Waals surface area (Å²) in [7, 11) is 0. The summed E-state index contributed by atoms with van der Waals surface area (Å²) in [5, 5.41) is 20.0. The number of phenols is 1. The topological polar surface area (TPSA) is 102 Å². The molecule has 2 aromatic rings. The van der Waals surface area contributed by atoms with Gasteiger partial charge in [-0.05, 0) is 6.07 Å². The Balaban J connectivity index is 2.85. The quantitative estimate of drug-likeness (QED) is 0.549. The second kappa shape index (κ2) is 2.81. The number of thiazole rings is 1. The van der Waals surface area contributed by atoms with Gasteiger partial charge in [-0.15, -0.1) is 0 Å².